The highest BCUT2D eigenvalue weighted by Crippen LogP contribution is 2.38. The zero-order chi connectivity index (χ0) is 8.55. The third-order valence-electron chi connectivity index (χ3n) is 3.63. The highest BCUT2D eigenvalue weighted by atomic mass is 16.1. The molecule has 0 aromatic rings. The van der Waals surface area contributed by atoms with Crippen molar-refractivity contribution in [2.24, 2.45) is 5.92 Å². The fraction of sp³-hybridized carbons (Fsp3) is 0.900. The molecule has 12 heavy (non-hydrogen) atoms. The minimum Gasteiger partial charge on any atom is -0.303 e. The molecule has 0 N–H and O–H groups in total. The topological polar surface area (TPSA) is 20.3 Å². The average Bonchev–Trinajstić information content (AvgIpc) is 2.33. The summed E-state index contributed by atoms with van der Waals surface area (Å²) in [6, 6.07) is 1.57. The van der Waals surface area contributed by atoms with Crippen molar-refractivity contribution in [2.45, 2.75) is 44.2 Å². The molecule has 0 aliphatic carbocycles. The van der Waals surface area contributed by atoms with Gasteiger partial charge in [0, 0.05) is 18.5 Å². The van der Waals surface area contributed by atoms with E-state index in [1.165, 1.54) is 25.7 Å². The Labute approximate surface area is 73.9 Å². The van der Waals surface area contributed by atoms with Gasteiger partial charge in [0.05, 0.1) is 0 Å². The highest BCUT2D eigenvalue weighted by Gasteiger charge is 2.37. The molecule has 0 saturated carbocycles. The van der Waals surface area contributed by atoms with E-state index in [1.807, 2.05) is 0 Å². The minimum atomic E-state index is 0.691. The maximum atomic E-state index is 10.4. The normalized spacial score (nSPS) is 41.6. The van der Waals surface area contributed by atoms with Crippen LogP contribution < -0.4 is 0 Å². The smallest absolute Gasteiger partial charge is 0.120 e. The number of hydrogen-bond acceptors (Lipinski definition) is 2. The molecule has 2 heterocycles. The summed E-state index contributed by atoms with van der Waals surface area (Å²) in [4.78, 5) is 12.9. The number of rotatable bonds is 2. The van der Waals surface area contributed by atoms with E-state index in [2.05, 4.69) is 11.9 Å². The zero-order valence-electron chi connectivity index (χ0n) is 7.70. The Kier molecular flexibility index (Phi) is 2.18. The van der Waals surface area contributed by atoms with Crippen LogP contribution in [-0.4, -0.2) is 30.3 Å². The molecule has 2 nitrogen and oxygen atoms in total. The molecule has 2 heteroatoms. The Balaban J connectivity index is 1.97. The predicted octanol–water partition coefficient (Wildman–Crippen LogP) is 1.45. The maximum absolute atomic E-state index is 10.4. The quantitative estimate of drug-likeness (QED) is 0.580. The second kappa shape index (κ2) is 3.17. The van der Waals surface area contributed by atoms with Crippen molar-refractivity contribution in [3.8, 4) is 0 Å². The fourth-order valence-electron chi connectivity index (χ4n) is 2.85. The van der Waals surface area contributed by atoms with Gasteiger partial charge in [-0.2, -0.15) is 0 Å². The molecule has 2 fully saturated rings. The van der Waals surface area contributed by atoms with Gasteiger partial charge < -0.3 is 9.69 Å². The van der Waals surface area contributed by atoms with E-state index in [1.54, 1.807) is 0 Å². The largest absolute Gasteiger partial charge is 0.303 e. The number of piperidine rings is 1. The van der Waals surface area contributed by atoms with Crippen molar-refractivity contribution in [1.82, 2.24) is 4.90 Å². The second-order valence-electron chi connectivity index (χ2n) is 4.29. The lowest BCUT2D eigenvalue weighted by Gasteiger charge is -2.35. The standard InChI is InChI=1S/C10H17NO/c1-11-9-2-3-10(11)7-8(6-9)4-5-12/h5,8-10H,2-4,6-7H2,1H3. The van der Waals surface area contributed by atoms with Crippen LogP contribution in [0.4, 0.5) is 0 Å². The summed E-state index contributed by atoms with van der Waals surface area (Å²) in [5.74, 6) is 0.691. The first-order valence-electron chi connectivity index (χ1n) is 4.97. The highest BCUT2D eigenvalue weighted by molar-refractivity contribution is 5.49. The van der Waals surface area contributed by atoms with Crippen LogP contribution in [0.1, 0.15) is 32.1 Å². The van der Waals surface area contributed by atoms with E-state index in [-0.39, 0.29) is 0 Å². The number of fused-ring (bicyclic) bond motifs is 2. The van der Waals surface area contributed by atoms with E-state index >= 15 is 0 Å². The number of aldehydes is 1. The number of carbonyl (C=O) groups is 1. The van der Waals surface area contributed by atoms with Crippen molar-refractivity contribution < 1.29 is 4.79 Å². The second-order valence-corrected chi connectivity index (χ2v) is 4.29. The van der Waals surface area contributed by atoms with Gasteiger partial charge in [-0.1, -0.05) is 0 Å². The Bertz CT molecular complexity index is 167. The first kappa shape index (κ1) is 8.24. The van der Waals surface area contributed by atoms with Gasteiger partial charge in [-0.3, -0.25) is 0 Å². The summed E-state index contributed by atoms with van der Waals surface area (Å²) in [7, 11) is 2.24. The van der Waals surface area contributed by atoms with E-state index in [9.17, 15) is 4.79 Å². The molecule has 2 rings (SSSR count). The SMILES string of the molecule is CN1C2CCC1CC(CC=O)C2. The Morgan fingerprint density at radius 1 is 1.33 bits per heavy atom. The van der Waals surface area contributed by atoms with E-state index in [0.717, 1.165) is 24.8 Å². The fourth-order valence-corrected chi connectivity index (χ4v) is 2.85. The van der Waals surface area contributed by atoms with Gasteiger partial charge in [0.25, 0.3) is 0 Å². The van der Waals surface area contributed by atoms with Crippen LogP contribution >= 0.6 is 0 Å². The molecule has 0 aromatic carbocycles. The molecule has 2 atom stereocenters. The van der Waals surface area contributed by atoms with Gasteiger partial charge in [-0.25, -0.2) is 0 Å². The Morgan fingerprint density at radius 3 is 2.42 bits per heavy atom. The number of nitrogens with zero attached hydrogens (tertiary/aromatic N) is 1. The molecule has 68 valence electrons. The number of carbonyl (C=O) groups excluding carboxylic acids is 1. The molecule has 2 bridgehead atoms. The van der Waals surface area contributed by atoms with Gasteiger partial charge >= 0.3 is 0 Å². The van der Waals surface area contributed by atoms with Crippen LogP contribution in [0.2, 0.25) is 0 Å². The predicted molar refractivity (Wildman–Crippen MR) is 48.0 cm³/mol. The number of hydrogen-bond donors (Lipinski definition) is 0. The van der Waals surface area contributed by atoms with Crippen molar-refractivity contribution in [1.29, 1.82) is 0 Å². The van der Waals surface area contributed by atoms with Crippen LogP contribution in [0.3, 0.4) is 0 Å². The summed E-state index contributed by atoms with van der Waals surface area (Å²) < 4.78 is 0. The first-order valence-corrected chi connectivity index (χ1v) is 4.97. The van der Waals surface area contributed by atoms with Crippen molar-refractivity contribution in [3.05, 3.63) is 0 Å². The van der Waals surface area contributed by atoms with Crippen LogP contribution in [0, 0.1) is 5.92 Å². The summed E-state index contributed by atoms with van der Waals surface area (Å²) in [5.41, 5.74) is 0. The van der Waals surface area contributed by atoms with Gasteiger partial charge in [0.1, 0.15) is 6.29 Å². The molecular formula is C10H17NO. The van der Waals surface area contributed by atoms with E-state index in [0.29, 0.717) is 5.92 Å². The maximum Gasteiger partial charge on any atom is 0.120 e. The van der Waals surface area contributed by atoms with E-state index < -0.39 is 0 Å². The third-order valence-corrected chi connectivity index (χ3v) is 3.63. The van der Waals surface area contributed by atoms with Gasteiger partial charge in [0.2, 0.25) is 0 Å². The molecule has 0 radical (unpaired) electrons. The van der Waals surface area contributed by atoms with Gasteiger partial charge in [-0.15, -0.1) is 0 Å². The third kappa shape index (κ3) is 1.28. The summed E-state index contributed by atoms with van der Waals surface area (Å²) in [5, 5.41) is 0. The van der Waals surface area contributed by atoms with Crippen molar-refractivity contribution in [2.75, 3.05) is 7.05 Å². The van der Waals surface area contributed by atoms with Gasteiger partial charge in [-0.05, 0) is 38.6 Å². The van der Waals surface area contributed by atoms with Crippen molar-refractivity contribution in [3.63, 3.8) is 0 Å². The molecule has 0 amide bonds. The zero-order valence-corrected chi connectivity index (χ0v) is 7.70. The first-order chi connectivity index (χ1) is 5.81. The van der Waals surface area contributed by atoms with E-state index in [4.69, 9.17) is 0 Å². The summed E-state index contributed by atoms with van der Waals surface area (Å²) >= 11 is 0. The van der Waals surface area contributed by atoms with Crippen LogP contribution in [0.25, 0.3) is 0 Å². The molecule has 2 aliphatic heterocycles. The molecule has 2 aliphatic rings. The Hall–Kier alpha value is -0.370. The van der Waals surface area contributed by atoms with Crippen molar-refractivity contribution >= 4 is 6.29 Å². The van der Waals surface area contributed by atoms with Crippen LogP contribution in [-0.2, 0) is 4.79 Å². The average molecular weight is 167 g/mol. The Morgan fingerprint density at radius 2 is 1.92 bits per heavy atom. The summed E-state index contributed by atoms with van der Waals surface area (Å²) in [6.07, 6.45) is 7.11. The molecule has 0 aromatic heterocycles. The lowest BCUT2D eigenvalue weighted by atomic mass is 9.89. The van der Waals surface area contributed by atoms with Crippen LogP contribution in [0.5, 0.6) is 0 Å². The molecule has 2 unspecified atom stereocenters. The molecule has 2 saturated heterocycles. The van der Waals surface area contributed by atoms with Gasteiger partial charge in [0.15, 0.2) is 0 Å². The molecular weight excluding hydrogens is 150 g/mol. The lowest BCUT2D eigenvalue weighted by Crippen LogP contribution is -2.39. The minimum absolute atomic E-state index is 0.691. The summed E-state index contributed by atoms with van der Waals surface area (Å²) in [6.45, 7) is 0. The monoisotopic (exact) mass is 167 g/mol. The lowest BCUT2D eigenvalue weighted by molar-refractivity contribution is -0.109. The molecule has 0 spiro atoms. The van der Waals surface area contributed by atoms with Crippen LogP contribution in [0.15, 0.2) is 0 Å².